The van der Waals surface area contributed by atoms with E-state index in [0.717, 1.165) is 4.88 Å². The Bertz CT molecular complexity index is 315. The van der Waals surface area contributed by atoms with E-state index in [2.05, 4.69) is 4.98 Å². The molecular weight excluding hydrogens is 186 g/mol. The molecule has 1 aromatic rings. The van der Waals surface area contributed by atoms with E-state index < -0.39 is 0 Å². The lowest BCUT2D eigenvalue weighted by Gasteiger charge is -2.17. The van der Waals surface area contributed by atoms with Gasteiger partial charge in [0.05, 0.1) is 11.9 Å². The third kappa shape index (κ3) is 1.83. The van der Waals surface area contributed by atoms with Gasteiger partial charge >= 0.3 is 0 Å². The number of thiazole rings is 1. The van der Waals surface area contributed by atoms with Crippen molar-refractivity contribution in [1.82, 2.24) is 4.98 Å². The molecule has 0 aliphatic heterocycles. The molecule has 1 aliphatic carbocycles. The fourth-order valence-electron chi connectivity index (χ4n) is 1.61. The van der Waals surface area contributed by atoms with Gasteiger partial charge in [0.2, 0.25) is 0 Å². The Morgan fingerprint density at radius 2 is 2.00 bits per heavy atom. The summed E-state index contributed by atoms with van der Waals surface area (Å²) in [7, 11) is 0. The quantitative estimate of drug-likeness (QED) is 0.639. The fraction of sp³-hybridized carbons (Fsp3) is 0.444. The molecule has 1 fully saturated rings. The molecule has 13 heavy (non-hydrogen) atoms. The highest BCUT2D eigenvalue weighted by atomic mass is 32.1. The standard InChI is InChI=1S/C9H9NO2S/c11-7-1-6(2-8(12)3-7)9-4-10-5-13-9/h4-6H,1-3H2. The number of hydrogen-bond acceptors (Lipinski definition) is 4. The van der Waals surface area contributed by atoms with Crippen LogP contribution in [0, 0.1) is 0 Å². The van der Waals surface area contributed by atoms with Crippen LogP contribution in [0.15, 0.2) is 11.7 Å². The third-order valence-electron chi connectivity index (χ3n) is 2.20. The van der Waals surface area contributed by atoms with Crippen molar-refractivity contribution in [3.8, 4) is 0 Å². The molecule has 1 aromatic heterocycles. The zero-order valence-electron chi connectivity index (χ0n) is 7.03. The number of Topliss-reactive ketones (excluding diaryl/α,β-unsaturated/α-hetero) is 2. The van der Waals surface area contributed by atoms with Crippen LogP contribution in [0.25, 0.3) is 0 Å². The van der Waals surface area contributed by atoms with Gasteiger partial charge in [-0.1, -0.05) is 0 Å². The van der Waals surface area contributed by atoms with Crippen molar-refractivity contribution in [3.05, 3.63) is 16.6 Å². The van der Waals surface area contributed by atoms with Gasteiger partial charge in [-0.2, -0.15) is 0 Å². The van der Waals surface area contributed by atoms with Gasteiger partial charge in [0.25, 0.3) is 0 Å². The lowest BCUT2D eigenvalue weighted by molar-refractivity contribution is -0.130. The summed E-state index contributed by atoms with van der Waals surface area (Å²) in [5, 5.41) is 0. The van der Waals surface area contributed by atoms with Crippen LogP contribution in [0.5, 0.6) is 0 Å². The summed E-state index contributed by atoms with van der Waals surface area (Å²) in [4.78, 5) is 27.3. The molecule has 0 bridgehead atoms. The molecule has 1 heterocycles. The smallest absolute Gasteiger partial charge is 0.140 e. The predicted octanol–water partition coefficient (Wildman–Crippen LogP) is 1.55. The maximum absolute atomic E-state index is 11.1. The number of carbonyl (C=O) groups is 2. The maximum Gasteiger partial charge on any atom is 0.140 e. The Kier molecular flexibility index (Phi) is 2.22. The zero-order valence-corrected chi connectivity index (χ0v) is 7.84. The number of ketones is 2. The van der Waals surface area contributed by atoms with Crippen LogP contribution >= 0.6 is 11.3 Å². The van der Waals surface area contributed by atoms with Crippen molar-refractivity contribution in [2.24, 2.45) is 0 Å². The van der Waals surface area contributed by atoms with Gasteiger partial charge in [-0.25, -0.2) is 0 Å². The molecule has 0 unspecified atom stereocenters. The van der Waals surface area contributed by atoms with E-state index in [4.69, 9.17) is 0 Å². The van der Waals surface area contributed by atoms with Crippen molar-refractivity contribution in [1.29, 1.82) is 0 Å². The second-order valence-corrected chi connectivity index (χ2v) is 4.18. The Morgan fingerprint density at radius 3 is 2.54 bits per heavy atom. The highest BCUT2D eigenvalue weighted by Gasteiger charge is 2.27. The van der Waals surface area contributed by atoms with Gasteiger partial charge in [-0.3, -0.25) is 14.6 Å². The summed E-state index contributed by atoms with van der Waals surface area (Å²) in [5.74, 6) is 0.227. The maximum atomic E-state index is 11.1. The van der Waals surface area contributed by atoms with Gasteiger partial charge in [0, 0.05) is 29.8 Å². The number of carbonyl (C=O) groups excluding carboxylic acids is 2. The molecule has 0 spiro atoms. The van der Waals surface area contributed by atoms with E-state index in [1.165, 1.54) is 11.3 Å². The molecule has 0 aromatic carbocycles. The minimum atomic E-state index is 0.0645. The largest absolute Gasteiger partial charge is 0.299 e. The van der Waals surface area contributed by atoms with Gasteiger partial charge in [0.1, 0.15) is 11.6 Å². The van der Waals surface area contributed by atoms with Crippen molar-refractivity contribution in [2.45, 2.75) is 25.2 Å². The Morgan fingerprint density at radius 1 is 1.31 bits per heavy atom. The minimum Gasteiger partial charge on any atom is -0.299 e. The van der Waals surface area contributed by atoms with Gasteiger partial charge in [-0.15, -0.1) is 11.3 Å². The molecule has 2 rings (SSSR count). The van der Waals surface area contributed by atoms with Crippen molar-refractivity contribution in [2.75, 3.05) is 0 Å². The van der Waals surface area contributed by atoms with Crippen LogP contribution in [0.4, 0.5) is 0 Å². The number of hydrogen-bond donors (Lipinski definition) is 0. The second kappa shape index (κ2) is 3.38. The zero-order chi connectivity index (χ0) is 9.26. The highest BCUT2D eigenvalue weighted by Crippen LogP contribution is 2.31. The monoisotopic (exact) mass is 195 g/mol. The summed E-state index contributed by atoms with van der Waals surface area (Å²) >= 11 is 1.52. The molecule has 3 nitrogen and oxygen atoms in total. The van der Waals surface area contributed by atoms with Crippen LogP contribution in [0.1, 0.15) is 30.1 Å². The first-order chi connectivity index (χ1) is 6.25. The first kappa shape index (κ1) is 8.56. The van der Waals surface area contributed by atoms with E-state index in [0.29, 0.717) is 12.8 Å². The summed E-state index contributed by atoms with van der Waals surface area (Å²) in [6.07, 6.45) is 2.90. The first-order valence-corrected chi connectivity index (χ1v) is 5.05. The fourth-order valence-corrected chi connectivity index (χ4v) is 2.34. The summed E-state index contributed by atoms with van der Waals surface area (Å²) in [6, 6.07) is 0. The van der Waals surface area contributed by atoms with Crippen molar-refractivity contribution >= 4 is 22.9 Å². The van der Waals surface area contributed by atoms with E-state index in [9.17, 15) is 9.59 Å². The molecule has 0 atom stereocenters. The normalized spacial score (nSPS) is 19.4. The molecule has 0 radical (unpaired) electrons. The first-order valence-electron chi connectivity index (χ1n) is 4.17. The van der Waals surface area contributed by atoms with Crippen molar-refractivity contribution in [3.63, 3.8) is 0 Å². The lowest BCUT2D eigenvalue weighted by Crippen LogP contribution is -2.20. The SMILES string of the molecule is O=C1CC(=O)CC(c2cncs2)C1. The summed E-state index contributed by atoms with van der Waals surface area (Å²) in [5.41, 5.74) is 1.74. The van der Waals surface area contributed by atoms with Gasteiger partial charge in [0.15, 0.2) is 0 Å². The molecule has 0 amide bonds. The van der Waals surface area contributed by atoms with E-state index in [-0.39, 0.29) is 23.9 Å². The molecule has 1 aliphatic rings. The van der Waals surface area contributed by atoms with Gasteiger partial charge < -0.3 is 0 Å². The Labute approximate surface area is 79.8 Å². The number of nitrogens with zero attached hydrogens (tertiary/aromatic N) is 1. The molecule has 0 N–H and O–H groups in total. The molecule has 4 heteroatoms. The van der Waals surface area contributed by atoms with E-state index >= 15 is 0 Å². The van der Waals surface area contributed by atoms with Crippen LogP contribution in [-0.2, 0) is 9.59 Å². The average molecular weight is 195 g/mol. The number of aromatic nitrogens is 1. The molecular formula is C9H9NO2S. The van der Waals surface area contributed by atoms with Crippen LogP contribution in [0.3, 0.4) is 0 Å². The average Bonchev–Trinajstić information content (AvgIpc) is 2.53. The van der Waals surface area contributed by atoms with Crippen LogP contribution < -0.4 is 0 Å². The number of rotatable bonds is 1. The summed E-state index contributed by atoms with van der Waals surface area (Å²) < 4.78 is 0. The van der Waals surface area contributed by atoms with Crippen LogP contribution in [0.2, 0.25) is 0 Å². The van der Waals surface area contributed by atoms with E-state index in [1.54, 1.807) is 11.7 Å². The molecule has 0 saturated heterocycles. The van der Waals surface area contributed by atoms with Gasteiger partial charge in [-0.05, 0) is 0 Å². The molecule has 1 saturated carbocycles. The van der Waals surface area contributed by atoms with E-state index in [1.807, 2.05) is 0 Å². The summed E-state index contributed by atoms with van der Waals surface area (Å²) in [6.45, 7) is 0. The van der Waals surface area contributed by atoms with Crippen LogP contribution in [-0.4, -0.2) is 16.6 Å². The minimum absolute atomic E-state index is 0.0645. The third-order valence-corrected chi connectivity index (χ3v) is 3.13. The Balaban J connectivity index is 2.16. The predicted molar refractivity (Wildman–Crippen MR) is 48.7 cm³/mol. The lowest BCUT2D eigenvalue weighted by atomic mass is 9.87. The second-order valence-electron chi connectivity index (χ2n) is 3.26. The highest BCUT2D eigenvalue weighted by molar-refractivity contribution is 7.09. The molecule has 68 valence electrons. The topological polar surface area (TPSA) is 47.0 Å². The van der Waals surface area contributed by atoms with Crippen molar-refractivity contribution < 1.29 is 9.59 Å². The Hall–Kier alpha value is -1.03.